The Hall–Kier alpha value is -2.42. The molecule has 1 aromatic heterocycles. The summed E-state index contributed by atoms with van der Waals surface area (Å²) in [6, 6.07) is 3.51. The number of benzene rings is 1. The van der Waals surface area contributed by atoms with E-state index in [1.54, 1.807) is 16.8 Å². The third-order valence-corrected chi connectivity index (χ3v) is 4.05. The average Bonchev–Trinajstić information content (AvgIpc) is 2.96. The number of nitrogens with one attached hydrogen (secondary N) is 1. The van der Waals surface area contributed by atoms with Gasteiger partial charge >= 0.3 is 0 Å². The number of carbonyl (C=O) groups excluding carboxylic acids is 1. The lowest BCUT2D eigenvalue weighted by atomic mass is 10.1. The fourth-order valence-electron chi connectivity index (χ4n) is 2.15. The Balaban J connectivity index is 2.13. The van der Waals surface area contributed by atoms with Crippen molar-refractivity contribution < 1.29 is 19.0 Å². The highest BCUT2D eigenvalue weighted by Crippen LogP contribution is 2.41. The fourth-order valence-corrected chi connectivity index (χ4v) is 2.83. The van der Waals surface area contributed by atoms with E-state index in [0.717, 1.165) is 0 Å². The van der Waals surface area contributed by atoms with E-state index < -0.39 is 0 Å². The number of fused-ring (bicyclic) bond motifs is 1. The van der Waals surface area contributed by atoms with Gasteiger partial charge in [0.25, 0.3) is 0 Å². The van der Waals surface area contributed by atoms with Crippen LogP contribution in [-0.2, 0) is 4.79 Å². The Morgan fingerprint density at radius 1 is 1.14 bits per heavy atom. The summed E-state index contributed by atoms with van der Waals surface area (Å²) in [6.07, 6.45) is 0. The van der Waals surface area contributed by atoms with Crippen molar-refractivity contribution in [2.24, 2.45) is 0 Å². The molecule has 1 aliphatic rings. The van der Waals surface area contributed by atoms with Crippen LogP contribution in [0.15, 0.2) is 17.3 Å². The van der Waals surface area contributed by atoms with E-state index in [1.807, 2.05) is 0 Å². The van der Waals surface area contributed by atoms with E-state index in [4.69, 9.17) is 14.2 Å². The van der Waals surface area contributed by atoms with Gasteiger partial charge in [0.1, 0.15) is 0 Å². The molecule has 1 aromatic carbocycles. The lowest BCUT2D eigenvalue weighted by molar-refractivity contribution is -0.114. The number of carbonyl (C=O) groups is 1. The topological polar surface area (TPSA) is 87.5 Å². The first-order valence-corrected chi connectivity index (χ1v) is 7.35. The molecular formula is C13H14N4O4S. The van der Waals surface area contributed by atoms with Crippen LogP contribution in [0.1, 0.15) is 0 Å². The van der Waals surface area contributed by atoms with Gasteiger partial charge in [-0.2, -0.15) is 0 Å². The minimum atomic E-state index is -0.106. The lowest BCUT2D eigenvalue weighted by Gasteiger charge is -2.17. The van der Waals surface area contributed by atoms with E-state index in [1.165, 1.54) is 33.1 Å². The molecule has 1 N–H and O–H groups in total. The average molecular weight is 322 g/mol. The Bertz CT molecular complexity index is 706. The van der Waals surface area contributed by atoms with Crippen LogP contribution < -0.4 is 19.6 Å². The van der Waals surface area contributed by atoms with Gasteiger partial charge in [-0.05, 0) is 12.1 Å². The summed E-state index contributed by atoms with van der Waals surface area (Å²) in [4.78, 5) is 11.6. The second-order valence-electron chi connectivity index (χ2n) is 4.38. The third-order valence-electron chi connectivity index (χ3n) is 3.13. The second-order valence-corrected chi connectivity index (χ2v) is 5.32. The molecule has 0 aliphatic carbocycles. The van der Waals surface area contributed by atoms with Gasteiger partial charge in [0, 0.05) is 5.56 Å². The Morgan fingerprint density at radius 2 is 1.82 bits per heavy atom. The van der Waals surface area contributed by atoms with Gasteiger partial charge in [0.05, 0.1) is 27.1 Å². The molecule has 2 aromatic rings. The molecule has 0 bridgehead atoms. The van der Waals surface area contributed by atoms with Crippen LogP contribution in [0.25, 0.3) is 11.4 Å². The van der Waals surface area contributed by atoms with E-state index >= 15 is 0 Å². The molecule has 8 nitrogen and oxygen atoms in total. The number of methoxy groups -OCH3 is 3. The summed E-state index contributed by atoms with van der Waals surface area (Å²) in [5.41, 5.74) is 3.42. The Kier molecular flexibility index (Phi) is 3.80. The summed E-state index contributed by atoms with van der Waals surface area (Å²) in [6.45, 7) is 0. The highest BCUT2D eigenvalue weighted by molar-refractivity contribution is 7.99. The number of nitrogens with zero attached hydrogens (tertiary/aromatic N) is 3. The summed E-state index contributed by atoms with van der Waals surface area (Å²) in [5.74, 6) is 2.22. The van der Waals surface area contributed by atoms with Gasteiger partial charge in [-0.15, -0.1) is 10.2 Å². The van der Waals surface area contributed by atoms with Gasteiger partial charge in [0.2, 0.25) is 16.8 Å². The van der Waals surface area contributed by atoms with Crippen molar-refractivity contribution in [2.45, 2.75) is 5.16 Å². The highest BCUT2D eigenvalue weighted by atomic mass is 32.2. The normalized spacial score (nSPS) is 13.3. The third kappa shape index (κ3) is 2.33. The fraction of sp³-hybridized carbons (Fsp3) is 0.308. The van der Waals surface area contributed by atoms with E-state index in [0.29, 0.717) is 39.5 Å². The Labute approximate surface area is 130 Å². The molecule has 2 heterocycles. The molecule has 0 unspecified atom stereocenters. The summed E-state index contributed by atoms with van der Waals surface area (Å²) >= 11 is 1.33. The molecule has 0 atom stereocenters. The van der Waals surface area contributed by atoms with Crippen LogP contribution in [-0.4, -0.2) is 47.9 Å². The summed E-state index contributed by atoms with van der Waals surface area (Å²) in [7, 11) is 4.62. The smallest absolute Gasteiger partial charge is 0.249 e. The number of hydrogen-bond donors (Lipinski definition) is 1. The molecule has 3 rings (SSSR count). The molecule has 1 amide bonds. The number of aromatic nitrogens is 3. The molecule has 22 heavy (non-hydrogen) atoms. The molecule has 0 saturated carbocycles. The van der Waals surface area contributed by atoms with Crippen LogP contribution in [0.3, 0.4) is 0 Å². The predicted molar refractivity (Wildman–Crippen MR) is 80.2 cm³/mol. The monoisotopic (exact) mass is 322 g/mol. The molecule has 9 heteroatoms. The van der Waals surface area contributed by atoms with Crippen molar-refractivity contribution in [1.29, 1.82) is 0 Å². The van der Waals surface area contributed by atoms with Crippen LogP contribution in [0.5, 0.6) is 17.2 Å². The van der Waals surface area contributed by atoms with Crippen molar-refractivity contribution in [3.05, 3.63) is 12.1 Å². The summed E-state index contributed by atoms with van der Waals surface area (Å²) < 4.78 is 17.5. The highest BCUT2D eigenvalue weighted by Gasteiger charge is 2.23. The van der Waals surface area contributed by atoms with Crippen LogP contribution >= 0.6 is 11.8 Å². The van der Waals surface area contributed by atoms with Crippen LogP contribution in [0.4, 0.5) is 0 Å². The quantitative estimate of drug-likeness (QED) is 0.903. The van der Waals surface area contributed by atoms with Crippen molar-refractivity contribution in [3.63, 3.8) is 0 Å². The molecular weight excluding hydrogens is 308 g/mol. The number of thioether (sulfide) groups is 1. The minimum absolute atomic E-state index is 0.106. The minimum Gasteiger partial charge on any atom is -0.493 e. The van der Waals surface area contributed by atoms with Gasteiger partial charge in [-0.3, -0.25) is 10.2 Å². The van der Waals surface area contributed by atoms with Gasteiger partial charge in [0.15, 0.2) is 17.3 Å². The van der Waals surface area contributed by atoms with Crippen LogP contribution in [0.2, 0.25) is 0 Å². The number of hydrogen-bond acceptors (Lipinski definition) is 7. The van der Waals surface area contributed by atoms with Crippen molar-refractivity contribution in [3.8, 4) is 28.6 Å². The first-order valence-electron chi connectivity index (χ1n) is 6.36. The van der Waals surface area contributed by atoms with Gasteiger partial charge in [-0.25, -0.2) is 4.68 Å². The van der Waals surface area contributed by atoms with Crippen molar-refractivity contribution >= 4 is 17.7 Å². The SMILES string of the molecule is COc1cc(-c2nnc3n2NC(=O)CS3)cc(OC)c1OC. The Morgan fingerprint density at radius 3 is 2.41 bits per heavy atom. The van der Waals surface area contributed by atoms with Crippen molar-refractivity contribution in [1.82, 2.24) is 14.9 Å². The number of ether oxygens (including phenoxy) is 3. The summed E-state index contributed by atoms with van der Waals surface area (Å²) in [5, 5.41) is 8.83. The molecule has 1 aliphatic heterocycles. The maximum Gasteiger partial charge on any atom is 0.249 e. The zero-order chi connectivity index (χ0) is 15.7. The van der Waals surface area contributed by atoms with Gasteiger partial charge < -0.3 is 14.2 Å². The predicted octanol–water partition coefficient (Wildman–Crippen LogP) is 1.15. The van der Waals surface area contributed by atoms with Gasteiger partial charge in [-0.1, -0.05) is 11.8 Å². The second kappa shape index (κ2) is 5.76. The standard InChI is InChI=1S/C13H14N4O4S/c1-19-8-4-7(5-9(20-2)11(8)21-3)12-14-15-13-17(12)16-10(18)6-22-13/h4-5H,6H2,1-3H3,(H,16,18). The van der Waals surface area contributed by atoms with Crippen LogP contribution in [0, 0.1) is 0 Å². The first-order chi connectivity index (χ1) is 10.7. The molecule has 0 fully saturated rings. The zero-order valence-electron chi connectivity index (χ0n) is 12.2. The van der Waals surface area contributed by atoms with E-state index in [2.05, 4.69) is 15.6 Å². The van der Waals surface area contributed by atoms with Crippen molar-refractivity contribution in [2.75, 3.05) is 32.5 Å². The zero-order valence-corrected chi connectivity index (χ0v) is 13.1. The van der Waals surface area contributed by atoms with E-state index in [9.17, 15) is 4.79 Å². The molecule has 116 valence electrons. The van der Waals surface area contributed by atoms with E-state index in [-0.39, 0.29) is 5.91 Å². The molecule has 0 radical (unpaired) electrons. The maximum absolute atomic E-state index is 11.6. The number of rotatable bonds is 4. The molecule has 0 saturated heterocycles. The largest absolute Gasteiger partial charge is 0.493 e. The lowest BCUT2D eigenvalue weighted by Crippen LogP contribution is -2.29. The molecule has 0 spiro atoms. The number of amides is 1. The maximum atomic E-state index is 11.6. The first kappa shape index (κ1) is 14.5.